The Bertz CT molecular complexity index is 658. The number of rotatable bonds is 5. The van der Waals surface area contributed by atoms with E-state index in [-0.39, 0.29) is 5.91 Å². The SMILES string of the molecule is COc1ccc2c(C)c(C(=O)NCC(C)C)oc2c1OC. The molecule has 1 aromatic carbocycles. The number of ether oxygens (including phenoxy) is 2. The molecule has 1 heterocycles. The molecular weight excluding hydrogens is 270 g/mol. The van der Waals surface area contributed by atoms with E-state index in [0.717, 1.165) is 10.9 Å². The van der Waals surface area contributed by atoms with Crippen molar-refractivity contribution in [3.05, 3.63) is 23.5 Å². The Balaban J connectivity index is 2.47. The summed E-state index contributed by atoms with van der Waals surface area (Å²) < 4.78 is 16.3. The Morgan fingerprint density at radius 2 is 2.00 bits per heavy atom. The Morgan fingerprint density at radius 3 is 2.57 bits per heavy atom. The van der Waals surface area contributed by atoms with E-state index < -0.39 is 0 Å². The van der Waals surface area contributed by atoms with Crippen LogP contribution in [0.2, 0.25) is 0 Å². The van der Waals surface area contributed by atoms with Crippen LogP contribution in [0.5, 0.6) is 11.5 Å². The highest BCUT2D eigenvalue weighted by Gasteiger charge is 2.21. The lowest BCUT2D eigenvalue weighted by Gasteiger charge is -2.07. The first-order valence-electron chi connectivity index (χ1n) is 6.91. The van der Waals surface area contributed by atoms with E-state index in [1.54, 1.807) is 20.3 Å². The molecule has 0 atom stereocenters. The second kappa shape index (κ2) is 6.08. The minimum Gasteiger partial charge on any atom is -0.493 e. The molecule has 0 unspecified atom stereocenters. The van der Waals surface area contributed by atoms with Crippen LogP contribution in [-0.4, -0.2) is 26.7 Å². The highest BCUT2D eigenvalue weighted by atomic mass is 16.5. The zero-order valence-electron chi connectivity index (χ0n) is 13.1. The van der Waals surface area contributed by atoms with Crippen molar-refractivity contribution in [2.24, 2.45) is 5.92 Å². The van der Waals surface area contributed by atoms with Gasteiger partial charge in [0, 0.05) is 17.5 Å². The van der Waals surface area contributed by atoms with E-state index in [0.29, 0.717) is 35.3 Å². The molecule has 0 saturated heterocycles. The minimum atomic E-state index is -0.210. The summed E-state index contributed by atoms with van der Waals surface area (Å²) in [5, 5.41) is 3.71. The van der Waals surface area contributed by atoms with Crippen molar-refractivity contribution in [3.63, 3.8) is 0 Å². The molecule has 2 rings (SSSR count). The van der Waals surface area contributed by atoms with Crippen molar-refractivity contribution in [2.45, 2.75) is 20.8 Å². The van der Waals surface area contributed by atoms with Crippen LogP contribution in [0.3, 0.4) is 0 Å². The molecule has 21 heavy (non-hydrogen) atoms. The molecule has 0 saturated carbocycles. The summed E-state index contributed by atoms with van der Waals surface area (Å²) in [6.45, 7) is 6.55. The minimum absolute atomic E-state index is 0.210. The van der Waals surface area contributed by atoms with Crippen molar-refractivity contribution in [1.29, 1.82) is 0 Å². The molecule has 0 radical (unpaired) electrons. The average molecular weight is 291 g/mol. The van der Waals surface area contributed by atoms with Gasteiger partial charge in [0.15, 0.2) is 17.1 Å². The maximum atomic E-state index is 12.2. The van der Waals surface area contributed by atoms with Gasteiger partial charge in [-0.2, -0.15) is 0 Å². The molecule has 0 fully saturated rings. The van der Waals surface area contributed by atoms with Gasteiger partial charge in [0.25, 0.3) is 5.91 Å². The molecule has 0 spiro atoms. The number of carbonyl (C=O) groups is 1. The Labute approximate surface area is 124 Å². The molecule has 0 aliphatic heterocycles. The second-order valence-corrected chi connectivity index (χ2v) is 5.34. The van der Waals surface area contributed by atoms with E-state index in [1.807, 2.05) is 26.8 Å². The number of furan rings is 1. The first-order chi connectivity index (χ1) is 9.99. The van der Waals surface area contributed by atoms with Gasteiger partial charge in [0.2, 0.25) is 5.75 Å². The molecule has 1 amide bonds. The third-order valence-electron chi connectivity index (χ3n) is 3.33. The first kappa shape index (κ1) is 15.2. The Kier molecular flexibility index (Phi) is 4.40. The fourth-order valence-corrected chi connectivity index (χ4v) is 2.19. The maximum Gasteiger partial charge on any atom is 0.287 e. The Hall–Kier alpha value is -2.17. The number of amides is 1. The number of nitrogens with one attached hydrogen (secondary N) is 1. The number of hydrogen-bond acceptors (Lipinski definition) is 4. The van der Waals surface area contributed by atoms with Gasteiger partial charge in [-0.25, -0.2) is 0 Å². The van der Waals surface area contributed by atoms with E-state index in [2.05, 4.69) is 5.32 Å². The van der Waals surface area contributed by atoms with Crippen LogP contribution in [0.15, 0.2) is 16.5 Å². The molecule has 1 aromatic heterocycles. The molecule has 0 bridgehead atoms. The van der Waals surface area contributed by atoms with Crippen molar-refractivity contribution in [2.75, 3.05) is 20.8 Å². The predicted octanol–water partition coefficient (Wildman–Crippen LogP) is 3.14. The van der Waals surface area contributed by atoms with Crippen molar-refractivity contribution in [3.8, 4) is 11.5 Å². The molecule has 0 aliphatic carbocycles. The molecular formula is C16H21NO4. The van der Waals surface area contributed by atoms with Crippen molar-refractivity contribution < 1.29 is 18.7 Å². The molecule has 114 valence electrons. The fourth-order valence-electron chi connectivity index (χ4n) is 2.19. The van der Waals surface area contributed by atoms with Crippen LogP contribution >= 0.6 is 0 Å². The third-order valence-corrected chi connectivity index (χ3v) is 3.33. The smallest absolute Gasteiger partial charge is 0.287 e. The van der Waals surface area contributed by atoms with E-state index in [9.17, 15) is 4.79 Å². The van der Waals surface area contributed by atoms with E-state index >= 15 is 0 Å². The lowest BCUT2D eigenvalue weighted by molar-refractivity contribution is 0.0922. The summed E-state index contributed by atoms with van der Waals surface area (Å²) in [6, 6.07) is 3.67. The number of hydrogen-bond donors (Lipinski definition) is 1. The van der Waals surface area contributed by atoms with Crippen molar-refractivity contribution >= 4 is 16.9 Å². The fraction of sp³-hybridized carbons (Fsp3) is 0.438. The number of methoxy groups -OCH3 is 2. The van der Waals surface area contributed by atoms with E-state index in [4.69, 9.17) is 13.9 Å². The van der Waals surface area contributed by atoms with Gasteiger partial charge in [-0.3, -0.25) is 4.79 Å². The monoisotopic (exact) mass is 291 g/mol. The van der Waals surface area contributed by atoms with Crippen molar-refractivity contribution in [1.82, 2.24) is 5.32 Å². The lowest BCUT2D eigenvalue weighted by atomic mass is 10.1. The number of carbonyl (C=O) groups excluding carboxylic acids is 1. The summed E-state index contributed by atoms with van der Waals surface area (Å²) in [5.74, 6) is 1.57. The topological polar surface area (TPSA) is 60.7 Å². The summed E-state index contributed by atoms with van der Waals surface area (Å²) in [6.07, 6.45) is 0. The quantitative estimate of drug-likeness (QED) is 0.919. The van der Waals surface area contributed by atoms with Crippen LogP contribution in [0.1, 0.15) is 30.0 Å². The average Bonchev–Trinajstić information content (AvgIpc) is 2.81. The van der Waals surface area contributed by atoms with Crippen LogP contribution in [0.25, 0.3) is 11.0 Å². The predicted molar refractivity (Wildman–Crippen MR) is 81.2 cm³/mol. The summed E-state index contributed by atoms with van der Waals surface area (Å²) >= 11 is 0. The summed E-state index contributed by atoms with van der Waals surface area (Å²) in [7, 11) is 3.11. The van der Waals surface area contributed by atoms with Crippen LogP contribution in [-0.2, 0) is 0 Å². The highest BCUT2D eigenvalue weighted by Crippen LogP contribution is 2.39. The molecule has 2 aromatic rings. The van der Waals surface area contributed by atoms with Crippen LogP contribution in [0, 0.1) is 12.8 Å². The highest BCUT2D eigenvalue weighted by molar-refractivity contribution is 6.00. The van der Waals surface area contributed by atoms with Gasteiger partial charge < -0.3 is 19.2 Å². The van der Waals surface area contributed by atoms with Gasteiger partial charge in [0.05, 0.1) is 14.2 Å². The van der Waals surface area contributed by atoms with Gasteiger partial charge in [-0.1, -0.05) is 13.8 Å². The number of benzene rings is 1. The molecule has 1 N–H and O–H groups in total. The van der Waals surface area contributed by atoms with Crippen LogP contribution < -0.4 is 14.8 Å². The van der Waals surface area contributed by atoms with Gasteiger partial charge in [0.1, 0.15) is 0 Å². The summed E-state index contributed by atoms with van der Waals surface area (Å²) in [5.41, 5.74) is 1.33. The maximum absolute atomic E-state index is 12.2. The van der Waals surface area contributed by atoms with Gasteiger partial charge in [-0.15, -0.1) is 0 Å². The molecule has 5 nitrogen and oxygen atoms in total. The van der Waals surface area contributed by atoms with E-state index in [1.165, 1.54) is 0 Å². The lowest BCUT2D eigenvalue weighted by Crippen LogP contribution is -2.27. The largest absolute Gasteiger partial charge is 0.493 e. The summed E-state index contributed by atoms with van der Waals surface area (Å²) in [4.78, 5) is 12.2. The van der Waals surface area contributed by atoms with Gasteiger partial charge in [-0.05, 0) is 25.0 Å². The first-order valence-corrected chi connectivity index (χ1v) is 6.91. The third kappa shape index (κ3) is 2.82. The zero-order chi connectivity index (χ0) is 15.6. The Morgan fingerprint density at radius 1 is 1.29 bits per heavy atom. The number of aryl methyl sites for hydroxylation is 1. The number of fused-ring (bicyclic) bond motifs is 1. The second-order valence-electron chi connectivity index (χ2n) is 5.34. The van der Waals surface area contributed by atoms with Crippen LogP contribution in [0.4, 0.5) is 0 Å². The van der Waals surface area contributed by atoms with Gasteiger partial charge >= 0.3 is 0 Å². The normalized spacial score (nSPS) is 11.0. The molecule has 0 aliphatic rings. The zero-order valence-corrected chi connectivity index (χ0v) is 13.1. The standard InChI is InChI=1S/C16H21NO4/c1-9(2)8-17-16(18)13-10(3)11-6-7-12(19-4)15(20-5)14(11)21-13/h6-7,9H,8H2,1-5H3,(H,17,18). The molecule has 5 heteroatoms.